The van der Waals surface area contributed by atoms with Crippen LogP contribution in [0, 0.1) is 0 Å². The highest BCUT2D eigenvalue weighted by atomic mass is 32.2. The van der Waals surface area contributed by atoms with Gasteiger partial charge in [0.1, 0.15) is 5.75 Å². The molecule has 0 atom stereocenters. The van der Waals surface area contributed by atoms with Gasteiger partial charge in [-0.3, -0.25) is 9.59 Å². The molecule has 1 rings (SSSR count). The number of hydrogen-bond acceptors (Lipinski definition) is 5. The summed E-state index contributed by atoms with van der Waals surface area (Å²) < 4.78 is 5.20. The van der Waals surface area contributed by atoms with Crippen LogP contribution in [0.5, 0.6) is 5.75 Å². The standard InChI is InChI=1S/C13H19N3O3S/c1-9(17)15-5-6-16-13(18)8-20-12-4-3-10(14)7-11(12)19-2/h3-4,7H,5-6,8,14H2,1-2H3,(H,15,17)(H,16,18). The van der Waals surface area contributed by atoms with Crippen LogP contribution in [0.4, 0.5) is 5.69 Å². The number of amides is 2. The molecule has 0 saturated heterocycles. The number of nitrogens with one attached hydrogen (secondary N) is 2. The second-order valence-electron chi connectivity index (χ2n) is 4.03. The molecule has 2 amide bonds. The van der Waals surface area contributed by atoms with E-state index < -0.39 is 0 Å². The zero-order valence-electron chi connectivity index (χ0n) is 11.6. The molecule has 0 saturated carbocycles. The van der Waals surface area contributed by atoms with E-state index >= 15 is 0 Å². The molecule has 110 valence electrons. The quantitative estimate of drug-likeness (QED) is 0.390. The van der Waals surface area contributed by atoms with Gasteiger partial charge in [-0.25, -0.2) is 0 Å². The fourth-order valence-electron chi connectivity index (χ4n) is 1.44. The van der Waals surface area contributed by atoms with Crippen LogP contribution >= 0.6 is 11.8 Å². The molecule has 6 nitrogen and oxygen atoms in total. The maximum atomic E-state index is 11.6. The summed E-state index contributed by atoms with van der Waals surface area (Å²) in [5.74, 6) is 0.723. The highest BCUT2D eigenvalue weighted by molar-refractivity contribution is 8.00. The highest BCUT2D eigenvalue weighted by Crippen LogP contribution is 2.30. The van der Waals surface area contributed by atoms with Gasteiger partial charge < -0.3 is 21.1 Å². The van der Waals surface area contributed by atoms with Gasteiger partial charge in [0.05, 0.1) is 12.9 Å². The zero-order valence-corrected chi connectivity index (χ0v) is 12.4. The molecule has 20 heavy (non-hydrogen) atoms. The molecule has 7 heteroatoms. The molecule has 0 aliphatic carbocycles. The lowest BCUT2D eigenvalue weighted by Crippen LogP contribution is -2.34. The summed E-state index contributed by atoms with van der Waals surface area (Å²) in [4.78, 5) is 23.1. The molecular formula is C13H19N3O3S. The van der Waals surface area contributed by atoms with Crippen molar-refractivity contribution in [3.05, 3.63) is 18.2 Å². The molecule has 0 heterocycles. The molecule has 0 aliphatic rings. The van der Waals surface area contributed by atoms with E-state index in [1.807, 2.05) is 6.07 Å². The number of ether oxygens (including phenoxy) is 1. The molecule has 0 unspecified atom stereocenters. The fourth-order valence-corrected chi connectivity index (χ4v) is 2.28. The Morgan fingerprint density at radius 2 is 2.00 bits per heavy atom. The second-order valence-corrected chi connectivity index (χ2v) is 5.05. The zero-order chi connectivity index (χ0) is 15.0. The number of rotatable bonds is 7. The minimum absolute atomic E-state index is 0.0979. The third-order valence-corrected chi connectivity index (χ3v) is 3.42. The summed E-state index contributed by atoms with van der Waals surface area (Å²) in [5.41, 5.74) is 6.28. The second kappa shape index (κ2) is 8.31. The summed E-state index contributed by atoms with van der Waals surface area (Å²) in [6.07, 6.45) is 0. The lowest BCUT2D eigenvalue weighted by molar-refractivity contribution is -0.120. The number of methoxy groups -OCH3 is 1. The molecule has 0 radical (unpaired) electrons. The topological polar surface area (TPSA) is 93.4 Å². The van der Waals surface area contributed by atoms with Gasteiger partial charge >= 0.3 is 0 Å². The monoisotopic (exact) mass is 297 g/mol. The van der Waals surface area contributed by atoms with Crippen LogP contribution < -0.4 is 21.1 Å². The number of benzene rings is 1. The first-order valence-electron chi connectivity index (χ1n) is 6.10. The Bertz CT molecular complexity index is 480. The Kier molecular flexibility index (Phi) is 6.72. The van der Waals surface area contributed by atoms with E-state index in [9.17, 15) is 9.59 Å². The van der Waals surface area contributed by atoms with Crippen molar-refractivity contribution in [2.45, 2.75) is 11.8 Å². The summed E-state index contributed by atoms with van der Waals surface area (Å²) in [6, 6.07) is 5.31. The Hall–Kier alpha value is -1.89. The molecule has 1 aromatic rings. The van der Waals surface area contributed by atoms with E-state index in [-0.39, 0.29) is 17.6 Å². The average Bonchev–Trinajstić information content (AvgIpc) is 2.41. The van der Waals surface area contributed by atoms with Gasteiger partial charge in [0, 0.05) is 36.7 Å². The Labute approximate surface area is 122 Å². The number of carbonyl (C=O) groups excluding carboxylic acids is 2. The van der Waals surface area contributed by atoms with Crippen molar-refractivity contribution in [3.63, 3.8) is 0 Å². The number of hydrogen-bond donors (Lipinski definition) is 3. The molecule has 4 N–H and O–H groups in total. The van der Waals surface area contributed by atoms with Crippen molar-refractivity contribution in [3.8, 4) is 5.75 Å². The third kappa shape index (κ3) is 5.83. The number of carbonyl (C=O) groups is 2. The molecule has 0 spiro atoms. The minimum atomic E-state index is -0.111. The SMILES string of the molecule is COc1cc(N)ccc1SCC(=O)NCCNC(C)=O. The lowest BCUT2D eigenvalue weighted by Gasteiger charge is -2.09. The first kappa shape index (κ1) is 16.2. The van der Waals surface area contributed by atoms with Crippen LogP contribution in [-0.2, 0) is 9.59 Å². The fraction of sp³-hybridized carbons (Fsp3) is 0.385. The van der Waals surface area contributed by atoms with Crippen molar-refractivity contribution >= 4 is 29.3 Å². The normalized spacial score (nSPS) is 9.90. The number of nitrogen functional groups attached to an aromatic ring is 1. The summed E-state index contributed by atoms with van der Waals surface area (Å²) in [7, 11) is 1.56. The number of nitrogens with two attached hydrogens (primary N) is 1. The molecule has 0 aliphatic heterocycles. The van der Waals surface area contributed by atoms with Crippen LogP contribution in [0.2, 0.25) is 0 Å². The van der Waals surface area contributed by atoms with Crippen molar-refractivity contribution in [1.82, 2.24) is 10.6 Å². The maximum absolute atomic E-state index is 11.6. The first-order valence-corrected chi connectivity index (χ1v) is 7.09. The minimum Gasteiger partial charge on any atom is -0.496 e. The average molecular weight is 297 g/mol. The smallest absolute Gasteiger partial charge is 0.230 e. The van der Waals surface area contributed by atoms with Gasteiger partial charge in [0.2, 0.25) is 11.8 Å². The van der Waals surface area contributed by atoms with Crippen molar-refractivity contribution in [2.75, 3.05) is 31.7 Å². The Morgan fingerprint density at radius 3 is 2.65 bits per heavy atom. The van der Waals surface area contributed by atoms with Gasteiger partial charge in [0.25, 0.3) is 0 Å². The van der Waals surface area contributed by atoms with E-state index in [4.69, 9.17) is 10.5 Å². The van der Waals surface area contributed by atoms with E-state index in [1.54, 1.807) is 19.2 Å². The summed E-state index contributed by atoms with van der Waals surface area (Å²) in [5, 5.41) is 5.32. The van der Waals surface area contributed by atoms with Crippen LogP contribution in [-0.4, -0.2) is 37.8 Å². The van der Waals surface area contributed by atoms with Gasteiger partial charge in [-0.2, -0.15) is 0 Å². The van der Waals surface area contributed by atoms with Gasteiger partial charge in [0.15, 0.2) is 0 Å². The Balaban J connectivity index is 2.35. The van der Waals surface area contributed by atoms with Gasteiger partial charge in [-0.1, -0.05) is 0 Å². The van der Waals surface area contributed by atoms with Crippen molar-refractivity contribution in [2.24, 2.45) is 0 Å². The van der Waals surface area contributed by atoms with E-state index in [0.29, 0.717) is 24.5 Å². The highest BCUT2D eigenvalue weighted by Gasteiger charge is 2.07. The molecular weight excluding hydrogens is 278 g/mol. The lowest BCUT2D eigenvalue weighted by atomic mass is 10.3. The third-order valence-electron chi connectivity index (χ3n) is 2.37. The van der Waals surface area contributed by atoms with Gasteiger partial charge in [-0.15, -0.1) is 11.8 Å². The summed E-state index contributed by atoms with van der Waals surface area (Å²) in [6.45, 7) is 2.28. The predicted molar refractivity (Wildman–Crippen MR) is 79.8 cm³/mol. The summed E-state index contributed by atoms with van der Waals surface area (Å²) >= 11 is 1.37. The predicted octanol–water partition coefficient (Wildman–Crippen LogP) is 0.622. The maximum Gasteiger partial charge on any atom is 0.230 e. The molecule has 0 fully saturated rings. The van der Waals surface area contributed by atoms with Crippen molar-refractivity contribution < 1.29 is 14.3 Å². The van der Waals surface area contributed by atoms with E-state index in [1.165, 1.54) is 18.7 Å². The number of anilines is 1. The van der Waals surface area contributed by atoms with E-state index in [0.717, 1.165) is 4.90 Å². The molecule has 1 aromatic carbocycles. The van der Waals surface area contributed by atoms with Crippen LogP contribution in [0.15, 0.2) is 23.1 Å². The molecule has 0 aromatic heterocycles. The first-order chi connectivity index (χ1) is 9.52. The van der Waals surface area contributed by atoms with Crippen LogP contribution in [0.1, 0.15) is 6.92 Å². The number of thioether (sulfide) groups is 1. The van der Waals surface area contributed by atoms with Crippen LogP contribution in [0.25, 0.3) is 0 Å². The Morgan fingerprint density at radius 1 is 1.30 bits per heavy atom. The van der Waals surface area contributed by atoms with Crippen molar-refractivity contribution in [1.29, 1.82) is 0 Å². The van der Waals surface area contributed by atoms with Gasteiger partial charge in [-0.05, 0) is 12.1 Å². The largest absolute Gasteiger partial charge is 0.496 e. The van der Waals surface area contributed by atoms with Crippen LogP contribution in [0.3, 0.4) is 0 Å². The molecule has 0 bridgehead atoms. The van der Waals surface area contributed by atoms with E-state index in [2.05, 4.69) is 10.6 Å².